The normalized spacial score (nSPS) is 8.27. The summed E-state index contributed by atoms with van der Waals surface area (Å²) in [5.74, 6) is -1.51. The van der Waals surface area contributed by atoms with E-state index in [-0.39, 0.29) is 23.5 Å². The number of halogens is 1. The van der Waals surface area contributed by atoms with Gasteiger partial charge in [-0.05, 0) is 12.1 Å². The Labute approximate surface area is 92.1 Å². The maximum absolute atomic E-state index is 11.2. The molecule has 0 fully saturated rings. The number of hydrogen-bond donors (Lipinski definition) is 0. The summed E-state index contributed by atoms with van der Waals surface area (Å²) in [5.41, 5.74) is 0.0969. The molecule has 0 unspecified atom stereocenters. The number of carbonyl (C=O) groups is 2. The van der Waals surface area contributed by atoms with Crippen LogP contribution >= 0.6 is 0 Å². The van der Waals surface area contributed by atoms with E-state index >= 15 is 0 Å². The van der Waals surface area contributed by atoms with Gasteiger partial charge in [-0.2, -0.15) is 4.79 Å². The molecule has 0 saturated heterocycles. The molecule has 0 radical (unpaired) electrons. The van der Waals surface area contributed by atoms with E-state index in [2.05, 4.69) is 9.71 Å². The zero-order valence-electron chi connectivity index (χ0n) is 7.81. The maximum Gasteiger partial charge on any atom is 0.593 e. The SMILES string of the molecule is COC(=O)c1ccccc1C(=O)[N+]#N.[Cl-]. The molecule has 1 rings (SSSR count). The fourth-order valence-electron chi connectivity index (χ4n) is 1.01. The van der Waals surface area contributed by atoms with Gasteiger partial charge in [-0.15, -0.1) is 0 Å². The standard InChI is InChI=1S/C9H7N2O3.ClH/c1-14-9(13)7-5-3-2-4-6(7)8(12)11-10;/h2-5H,1H3;1H/q+1;/p-1. The number of hydrogen-bond acceptors (Lipinski definition) is 4. The van der Waals surface area contributed by atoms with Gasteiger partial charge in [-0.1, -0.05) is 12.1 Å². The lowest BCUT2D eigenvalue weighted by molar-refractivity contribution is -0.0000243. The Kier molecular flexibility index (Phi) is 4.99. The number of ether oxygens (including phenoxy) is 1. The molecule has 1 amide bonds. The fourth-order valence-corrected chi connectivity index (χ4v) is 1.01. The van der Waals surface area contributed by atoms with Gasteiger partial charge in [-0.25, -0.2) is 4.79 Å². The highest BCUT2D eigenvalue weighted by atomic mass is 35.5. The molecule has 15 heavy (non-hydrogen) atoms. The van der Waals surface area contributed by atoms with Gasteiger partial charge in [0.05, 0.1) is 12.7 Å². The summed E-state index contributed by atoms with van der Waals surface area (Å²) >= 11 is 0. The van der Waals surface area contributed by atoms with E-state index in [1.54, 1.807) is 12.1 Å². The number of esters is 1. The molecular weight excluding hydrogens is 220 g/mol. The molecule has 0 aliphatic carbocycles. The van der Waals surface area contributed by atoms with Gasteiger partial charge in [0.15, 0.2) is 0 Å². The van der Waals surface area contributed by atoms with E-state index in [9.17, 15) is 9.59 Å². The molecule has 0 aliphatic rings. The molecule has 0 aliphatic heterocycles. The zero-order valence-corrected chi connectivity index (χ0v) is 8.56. The molecule has 1 aromatic carbocycles. The van der Waals surface area contributed by atoms with Crippen LogP contribution in [0.2, 0.25) is 0 Å². The monoisotopic (exact) mass is 226 g/mol. The number of methoxy groups -OCH3 is 1. The summed E-state index contributed by atoms with van der Waals surface area (Å²) in [7, 11) is 1.21. The van der Waals surface area contributed by atoms with Crippen molar-refractivity contribution in [1.82, 2.24) is 0 Å². The highest BCUT2D eigenvalue weighted by Crippen LogP contribution is 2.11. The molecule has 78 valence electrons. The average molecular weight is 227 g/mol. The summed E-state index contributed by atoms with van der Waals surface area (Å²) in [6, 6.07) is 5.95. The minimum atomic E-state index is -0.869. The van der Waals surface area contributed by atoms with Crippen LogP contribution in [0.5, 0.6) is 0 Å². The van der Waals surface area contributed by atoms with Crippen molar-refractivity contribution >= 4 is 11.9 Å². The molecule has 0 saturated carbocycles. The minimum absolute atomic E-state index is 0. The first-order chi connectivity index (χ1) is 6.70. The van der Waals surface area contributed by atoms with Crippen LogP contribution in [0, 0.1) is 5.39 Å². The topological polar surface area (TPSA) is 71.5 Å². The van der Waals surface area contributed by atoms with Crippen LogP contribution in [0.25, 0.3) is 4.98 Å². The molecule has 0 spiro atoms. The molecule has 0 N–H and O–H groups in total. The predicted octanol–water partition coefficient (Wildman–Crippen LogP) is -1.53. The molecule has 6 heteroatoms. The van der Waals surface area contributed by atoms with Crippen LogP contribution in [0.3, 0.4) is 0 Å². The average Bonchev–Trinajstić information content (AvgIpc) is 2.27. The van der Waals surface area contributed by atoms with Gasteiger partial charge in [0.1, 0.15) is 5.56 Å². The van der Waals surface area contributed by atoms with Gasteiger partial charge >= 0.3 is 11.9 Å². The second-order valence-electron chi connectivity index (χ2n) is 2.44. The van der Waals surface area contributed by atoms with Crippen molar-refractivity contribution in [2.24, 2.45) is 0 Å². The lowest BCUT2D eigenvalue weighted by atomic mass is 10.1. The molecule has 1 aromatic rings. The first-order valence-electron chi connectivity index (χ1n) is 3.77. The molecule has 5 nitrogen and oxygen atoms in total. The van der Waals surface area contributed by atoms with Gasteiger partial charge in [0, 0.05) is 0 Å². The minimum Gasteiger partial charge on any atom is -1.00 e. The molecule has 0 aromatic heterocycles. The van der Waals surface area contributed by atoms with E-state index in [1.807, 2.05) is 0 Å². The number of nitrogens with zero attached hydrogens (tertiary/aromatic N) is 2. The summed E-state index contributed by atoms with van der Waals surface area (Å²) in [6.07, 6.45) is 0. The Morgan fingerprint density at radius 3 is 2.27 bits per heavy atom. The van der Waals surface area contributed by atoms with E-state index in [1.165, 1.54) is 19.2 Å². The van der Waals surface area contributed by atoms with E-state index < -0.39 is 11.9 Å². The van der Waals surface area contributed by atoms with Gasteiger partial charge in [-0.3, -0.25) is 0 Å². The van der Waals surface area contributed by atoms with Crippen molar-refractivity contribution in [2.45, 2.75) is 0 Å². The summed E-state index contributed by atoms with van der Waals surface area (Å²) in [6.45, 7) is 0. The zero-order chi connectivity index (χ0) is 10.6. The lowest BCUT2D eigenvalue weighted by Gasteiger charge is -1.98. The Morgan fingerprint density at radius 1 is 1.27 bits per heavy atom. The Morgan fingerprint density at radius 2 is 1.80 bits per heavy atom. The first kappa shape index (κ1) is 13.1. The van der Waals surface area contributed by atoms with Crippen LogP contribution < -0.4 is 12.4 Å². The van der Waals surface area contributed by atoms with E-state index in [4.69, 9.17) is 5.39 Å². The smallest absolute Gasteiger partial charge is 0.593 e. The highest BCUT2D eigenvalue weighted by molar-refractivity contribution is 6.09. The van der Waals surface area contributed by atoms with Gasteiger partial charge in [0.25, 0.3) is 0 Å². The largest absolute Gasteiger partial charge is 1.00 e. The predicted molar refractivity (Wildman–Crippen MR) is 47.2 cm³/mol. The van der Waals surface area contributed by atoms with Crippen molar-refractivity contribution < 1.29 is 26.7 Å². The first-order valence-corrected chi connectivity index (χ1v) is 3.77. The van der Waals surface area contributed by atoms with Crippen LogP contribution in [0.1, 0.15) is 20.7 Å². The summed E-state index contributed by atoms with van der Waals surface area (Å²) in [5, 5.41) is 8.29. The number of diazo groups is 1. The number of benzene rings is 1. The van der Waals surface area contributed by atoms with Crippen LogP contribution in [0.15, 0.2) is 24.3 Å². The van der Waals surface area contributed by atoms with Gasteiger partial charge < -0.3 is 17.1 Å². The lowest BCUT2D eigenvalue weighted by Crippen LogP contribution is -3.00. The van der Waals surface area contributed by atoms with Crippen LogP contribution in [-0.2, 0) is 4.74 Å². The second-order valence-corrected chi connectivity index (χ2v) is 2.44. The highest BCUT2D eigenvalue weighted by Gasteiger charge is 2.25. The third-order valence-electron chi connectivity index (χ3n) is 1.65. The Bertz CT molecular complexity index is 426. The molecule has 0 atom stereocenters. The number of amides is 1. The van der Waals surface area contributed by atoms with Crippen molar-refractivity contribution in [3.05, 3.63) is 40.4 Å². The molecular formula is C9H7ClN2O3. The van der Waals surface area contributed by atoms with Crippen LogP contribution in [0.4, 0.5) is 0 Å². The fraction of sp³-hybridized carbons (Fsp3) is 0.111. The van der Waals surface area contributed by atoms with Crippen molar-refractivity contribution in [3.63, 3.8) is 0 Å². The maximum atomic E-state index is 11.2. The third kappa shape index (κ3) is 2.76. The second kappa shape index (κ2) is 5.73. The third-order valence-corrected chi connectivity index (χ3v) is 1.65. The Hall–Kier alpha value is -1.93. The summed E-state index contributed by atoms with van der Waals surface area (Å²) < 4.78 is 4.46. The van der Waals surface area contributed by atoms with Crippen LogP contribution in [-0.4, -0.2) is 19.0 Å². The van der Waals surface area contributed by atoms with Gasteiger partial charge in [0.2, 0.25) is 10.4 Å². The summed E-state index contributed by atoms with van der Waals surface area (Å²) in [4.78, 5) is 24.7. The van der Waals surface area contributed by atoms with E-state index in [0.29, 0.717) is 0 Å². The Balaban J connectivity index is 0.00000196. The quantitative estimate of drug-likeness (QED) is 0.453. The number of carbonyl (C=O) groups excluding carboxylic acids is 2. The molecule has 0 bridgehead atoms. The molecule has 0 heterocycles. The number of rotatable bonds is 2. The van der Waals surface area contributed by atoms with Crippen molar-refractivity contribution in [2.75, 3.05) is 7.11 Å². The van der Waals surface area contributed by atoms with E-state index in [0.717, 1.165) is 0 Å². The van der Waals surface area contributed by atoms with Crippen molar-refractivity contribution in [3.8, 4) is 0 Å². The van der Waals surface area contributed by atoms with Crippen molar-refractivity contribution in [1.29, 1.82) is 5.39 Å².